The predicted molar refractivity (Wildman–Crippen MR) is 117 cm³/mol. The van der Waals surface area contributed by atoms with Crippen LogP contribution in [0.3, 0.4) is 0 Å². The van der Waals surface area contributed by atoms with Crippen molar-refractivity contribution in [3.63, 3.8) is 0 Å². The molecular weight excluding hydrogens is 404 g/mol. The van der Waals surface area contributed by atoms with E-state index in [9.17, 15) is 13.2 Å². The van der Waals surface area contributed by atoms with E-state index >= 15 is 0 Å². The first-order valence-corrected chi connectivity index (χ1v) is 11.1. The fourth-order valence-corrected chi connectivity index (χ4v) is 4.42. The fraction of sp³-hybridized carbons (Fsp3) is 0.409. The van der Waals surface area contributed by atoms with Gasteiger partial charge in [0.15, 0.2) is 11.5 Å². The van der Waals surface area contributed by atoms with Gasteiger partial charge in [0.2, 0.25) is 15.9 Å². The smallest absolute Gasteiger partial charge is 0.241 e. The van der Waals surface area contributed by atoms with Crippen LogP contribution in [0.1, 0.15) is 42.1 Å². The molecule has 8 heteroatoms. The minimum absolute atomic E-state index is 0.0159. The summed E-state index contributed by atoms with van der Waals surface area (Å²) < 4.78 is 38.1. The summed E-state index contributed by atoms with van der Waals surface area (Å²) in [7, 11) is -1.04. The van der Waals surface area contributed by atoms with Crippen LogP contribution < -0.4 is 19.5 Å². The topological polar surface area (TPSA) is 93.7 Å². The molecule has 0 aliphatic heterocycles. The first kappa shape index (κ1) is 23.7. The van der Waals surface area contributed by atoms with Gasteiger partial charge in [-0.2, -0.15) is 4.72 Å². The van der Waals surface area contributed by atoms with Gasteiger partial charge in [-0.25, -0.2) is 8.42 Å². The van der Waals surface area contributed by atoms with Crippen molar-refractivity contribution in [2.75, 3.05) is 14.2 Å². The number of amides is 1. The van der Waals surface area contributed by atoms with Gasteiger partial charge in [0.05, 0.1) is 31.2 Å². The van der Waals surface area contributed by atoms with Crippen LogP contribution in [-0.4, -0.2) is 34.6 Å². The second-order valence-electron chi connectivity index (χ2n) is 7.38. The summed E-state index contributed by atoms with van der Waals surface area (Å²) in [6.07, 6.45) is 0. The third-order valence-electron chi connectivity index (χ3n) is 5.10. The SMILES string of the molecule is COc1ccc(S(=O)(=O)N[C@H](C)C(=O)N[C@@H](C)c2cc(C)c(C)cc2C)cc1OC. The third kappa shape index (κ3) is 5.31. The van der Waals surface area contributed by atoms with Crippen molar-refractivity contribution in [1.82, 2.24) is 10.0 Å². The molecule has 0 aliphatic rings. The van der Waals surface area contributed by atoms with Crippen LogP contribution in [0, 0.1) is 20.8 Å². The van der Waals surface area contributed by atoms with Gasteiger partial charge in [-0.3, -0.25) is 4.79 Å². The monoisotopic (exact) mass is 434 g/mol. The largest absolute Gasteiger partial charge is 0.493 e. The van der Waals surface area contributed by atoms with Crippen molar-refractivity contribution in [1.29, 1.82) is 0 Å². The second kappa shape index (κ2) is 9.49. The van der Waals surface area contributed by atoms with Crippen LogP contribution in [0.4, 0.5) is 0 Å². The van der Waals surface area contributed by atoms with Gasteiger partial charge >= 0.3 is 0 Å². The Labute approximate surface area is 178 Å². The van der Waals surface area contributed by atoms with Crippen LogP contribution in [0.5, 0.6) is 11.5 Å². The van der Waals surface area contributed by atoms with E-state index in [1.165, 1.54) is 44.9 Å². The van der Waals surface area contributed by atoms with Crippen LogP contribution in [0.2, 0.25) is 0 Å². The molecule has 0 saturated heterocycles. The molecule has 0 fully saturated rings. The summed E-state index contributed by atoms with van der Waals surface area (Å²) in [6.45, 7) is 9.44. The number of sulfonamides is 1. The number of benzene rings is 2. The van der Waals surface area contributed by atoms with Crippen molar-refractivity contribution in [2.24, 2.45) is 0 Å². The zero-order valence-electron chi connectivity index (χ0n) is 18.5. The number of methoxy groups -OCH3 is 2. The van der Waals surface area contributed by atoms with Gasteiger partial charge in [0.25, 0.3) is 0 Å². The van der Waals surface area contributed by atoms with Crippen molar-refractivity contribution in [2.45, 2.75) is 51.6 Å². The normalized spacial score (nSPS) is 13.4. The number of carbonyl (C=O) groups excluding carboxylic acids is 1. The van der Waals surface area contributed by atoms with Gasteiger partial charge in [-0.1, -0.05) is 12.1 Å². The molecule has 2 atom stereocenters. The quantitative estimate of drug-likeness (QED) is 0.666. The molecule has 2 rings (SSSR count). The maximum absolute atomic E-state index is 12.7. The molecule has 0 aliphatic carbocycles. The van der Waals surface area contributed by atoms with Crippen molar-refractivity contribution in [3.8, 4) is 11.5 Å². The molecule has 0 heterocycles. The fourth-order valence-electron chi connectivity index (χ4n) is 3.20. The van der Waals surface area contributed by atoms with Gasteiger partial charge in [0, 0.05) is 6.07 Å². The van der Waals surface area contributed by atoms with Crippen molar-refractivity contribution < 1.29 is 22.7 Å². The minimum Gasteiger partial charge on any atom is -0.493 e. The number of aryl methyl sites for hydroxylation is 3. The number of hydrogen-bond donors (Lipinski definition) is 2. The lowest BCUT2D eigenvalue weighted by atomic mass is 9.96. The third-order valence-corrected chi connectivity index (χ3v) is 6.64. The molecule has 1 amide bonds. The molecule has 0 aromatic heterocycles. The highest BCUT2D eigenvalue weighted by Gasteiger charge is 2.24. The van der Waals surface area contributed by atoms with E-state index < -0.39 is 22.0 Å². The molecule has 2 aromatic rings. The number of carbonyl (C=O) groups is 1. The van der Waals surface area contributed by atoms with Crippen LogP contribution in [-0.2, 0) is 14.8 Å². The lowest BCUT2D eigenvalue weighted by Gasteiger charge is -2.21. The molecule has 164 valence electrons. The number of hydrogen-bond acceptors (Lipinski definition) is 5. The molecule has 0 spiro atoms. The Hall–Kier alpha value is -2.58. The van der Waals surface area contributed by atoms with E-state index in [0.29, 0.717) is 5.75 Å². The molecule has 0 saturated carbocycles. The van der Waals surface area contributed by atoms with Crippen molar-refractivity contribution in [3.05, 3.63) is 52.6 Å². The Morgan fingerprint density at radius 3 is 2.10 bits per heavy atom. The molecule has 0 bridgehead atoms. The Bertz CT molecular complexity index is 1030. The van der Waals surface area contributed by atoms with E-state index in [2.05, 4.69) is 16.1 Å². The van der Waals surface area contributed by atoms with Gasteiger partial charge in [-0.05, 0) is 69.0 Å². The highest BCUT2D eigenvalue weighted by atomic mass is 32.2. The Kier molecular flexibility index (Phi) is 7.49. The highest BCUT2D eigenvalue weighted by molar-refractivity contribution is 7.89. The maximum atomic E-state index is 12.7. The number of nitrogens with one attached hydrogen (secondary N) is 2. The Morgan fingerprint density at radius 1 is 0.900 bits per heavy atom. The van der Waals surface area contributed by atoms with E-state index in [0.717, 1.165) is 16.7 Å². The average molecular weight is 435 g/mol. The lowest BCUT2D eigenvalue weighted by Crippen LogP contribution is -2.45. The summed E-state index contributed by atoms with van der Waals surface area (Å²) >= 11 is 0. The first-order chi connectivity index (χ1) is 14.0. The van der Waals surface area contributed by atoms with E-state index in [1.807, 2.05) is 33.8 Å². The average Bonchev–Trinajstić information content (AvgIpc) is 2.69. The summed E-state index contributed by atoms with van der Waals surface area (Å²) in [5.74, 6) is 0.292. The summed E-state index contributed by atoms with van der Waals surface area (Å²) in [5.41, 5.74) is 4.40. The minimum atomic E-state index is -3.93. The Morgan fingerprint density at radius 2 is 1.50 bits per heavy atom. The first-order valence-electron chi connectivity index (χ1n) is 9.62. The van der Waals surface area contributed by atoms with Crippen LogP contribution >= 0.6 is 0 Å². The van der Waals surface area contributed by atoms with Crippen LogP contribution in [0.15, 0.2) is 35.2 Å². The highest BCUT2D eigenvalue weighted by Crippen LogP contribution is 2.29. The molecule has 2 N–H and O–H groups in total. The summed E-state index contributed by atoms with van der Waals surface area (Å²) in [5, 5.41) is 2.89. The van der Waals surface area contributed by atoms with E-state index in [-0.39, 0.29) is 16.7 Å². The standard InChI is InChI=1S/C22H30N2O5S/c1-13-10-15(3)19(11-14(13)2)16(4)23-22(25)17(5)24-30(26,27)18-8-9-20(28-6)21(12-18)29-7/h8-12,16-17,24H,1-7H3,(H,23,25)/t16-,17+/m0/s1. The molecule has 30 heavy (non-hydrogen) atoms. The lowest BCUT2D eigenvalue weighted by molar-refractivity contribution is -0.123. The molecule has 2 aromatic carbocycles. The molecular formula is C22H30N2O5S. The zero-order chi connectivity index (χ0) is 22.6. The van der Waals surface area contributed by atoms with Crippen LogP contribution in [0.25, 0.3) is 0 Å². The van der Waals surface area contributed by atoms with Gasteiger partial charge in [0.1, 0.15) is 0 Å². The molecule has 0 radical (unpaired) electrons. The Balaban J connectivity index is 2.14. The van der Waals surface area contributed by atoms with E-state index in [1.54, 1.807) is 0 Å². The van der Waals surface area contributed by atoms with Crippen molar-refractivity contribution >= 4 is 15.9 Å². The van der Waals surface area contributed by atoms with E-state index in [4.69, 9.17) is 9.47 Å². The zero-order valence-corrected chi connectivity index (χ0v) is 19.3. The van der Waals surface area contributed by atoms with Gasteiger partial charge < -0.3 is 14.8 Å². The molecule has 0 unspecified atom stereocenters. The summed E-state index contributed by atoms with van der Waals surface area (Å²) in [4.78, 5) is 12.6. The number of ether oxygens (including phenoxy) is 2. The maximum Gasteiger partial charge on any atom is 0.241 e. The molecule has 7 nitrogen and oxygen atoms in total. The summed E-state index contributed by atoms with van der Waals surface area (Å²) in [6, 6.07) is 7.16. The second-order valence-corrected chi connectivity index (χ2v) is 9.10. The number of rotatable bonds is 8. The predicted octanol–water partition coefficient (Wildman–Crippen LogP) is 3.17. The van der Waals surface area contributed by atoms with Gasteiger partial charge in [-0.15, -0.1) is 0 Å².